The Bertz CT molecular complexity index is 1110. The van der Waals surface area contributed by atoms with Crippen molar-refractivity contribution in [1.82, 2.24) is 15.1 Å². The normalized spacial score (nSPS) is 12.9. The van der Waals surface area contributed by atoms with Crippen molar-refractivity contribution in [3.05, 3.63) is 76.2 Å². The molecule has 7 nitrogen and oxygen atoms in total. The molecule has 1 amide bonds. The maximum absolute atomic E-state index is 12.7. The van der Waals surface area contributed by atoms with Gasteiger partial charge in [-0.3, -0.25) is 9.59 Å². The number of fused-ring (bicyclic) bond motifs is 1. The predicted octanol–water partition coefficient (Wildman–Crippen LogP) is 2.79. The second-order valence-electron chi connectivity index (χ2n) is 7.13. The van der Waals surface area contributed by atoms with Crippen LogP contribution in [0.15, 0.2) is 59.4 Å². The van der Waals surface area contributed by atoms with E-state index in [1.54, 1.807) is 24.3 Å². The van der Waals surface area contributed by atoms with E-state index in [0.29, 0.717) is 17.3 Å². The van der Waals surface area contributed by atoms with Crippen LogP contribution in [0.2, 0.25) is 0 Å². The van der Waals surface area contributed by atoms with Crippen molar-refractivity contribution in [3.8, 4) is 0 Å². The number of nitrogens with one attached hydrogen (secondary N) is 1. The number of hydrogen-bond acceptors (Lipinski definition) is 5. The lowest BCUT2D eigenvalue weighted by Gasteiger charge is -2.18. The number of carbonyl (C=O) groups is 2. The topological polar surface area (TPSA) is 90.3 Å². The van der Waals surface area contributed by atoms with E-state index in [0.717, 1.165) is 16.7 Å². The van der Waals surface area contributed by atoms with Gasteiger partial charge in [0.15, 0.2) is 11.8 Å². The average molecular weight is 407 g/mol. The molecule has 0 fully saturated rings. The third kappa shape index (κ3) is 4.56. The average Bonchev–Trinajstić information content (AvgIpc) is 2.77. The first-order valence-electron chi connectivity index (χ1n) is 9.92. The summed E-state index contributed by atoms with van der Waals surface area (Å²) in [7, 11) is 1.47. The van der Waals surface area contributed by atoms with E-state index in [1.807, 2.05) is 30.3 Å². The Morgan fingerprint density at radius 1 is 1.07 bits per heavy atom. The maximum Gasteiger partial charge on any atom is 0.360 e. The maximum atomic E-state index is 12.7. The summed E-state index contributed by atoms with van der Waals surface area (Å²) in [6, 6.07) is 16.6. The molecule has 0 radical (unpaired) electrons. The van der Waals surface area contributed by atoms with Crippen LogP contribution in [-0.4, -0.2) is 34.3 Å². The molecule has 2 atom stereocenters. The van der Waals surface area contributed by atoms with E-state index >= 15 is 0 Å². The zero-order valence-electron chi connectivity index (χ0n) is 17.3. The largest absolute Gasteiger partial charge is 0.448 e. The van der Waals surface area contributed by atoms with Crippen molar-refractivity contribution in [2.24, 2.45) is 7.05 Å². The fourth-order valence-corrected chi connectivity index (χ4v) is 3.31. The Kier molecular flexibility index (Phi) is 6.61. The minimum atomic E-state index is -0.997. The van der Waals surface area contributed by atoms with Gasteiger partial charge in [-0.1, -0.05) is 55.5 Å². The molecule has 0 bridgehead atoms. The molecule has 0 unspecified atom stereocenters. The Hall–Kier alpha value is -3.48. The Labute approximate surface area is 174 Å². The highest BCUT2D eigenvalue weighted by Gasteiger charge is 2.23. The van der Waals surface area contributed by atoms with Crippen LogP contribution in [0.3, 0.4) is 0 Å². The van der Waals surface area contributed by atoms with Crippen molar-refractivity contribution in [3.63, 3.8) is 0 Å². The first-order valence-corrected chi connectivity index (χ1v) is 9.92. The fourth-order valence-electron chi connectivity index (χ4n) is 3.31. The zero-order valence-corrected chi connectivity index (χ0v) is 17.3. The van der Waals surface area contributed by atoms with E-state index in [-0.39, 0.29) is 23.1 Å². The van der Waals surface area contributed by atoms with E-state index in [9.17, 15) is 14.4 Å². The molecule has 1 N–H and O–H groups in total. The minimum absolute atomic E-state index is 0.00284. The van der Waals surface area contributed by atoms with Crippen LogP contribution in [-0.2, 0) is 16.6 Å². The lowest BCUT2D eigenvalue weighted by atomic mass is 9.96. The number of hydrogen-bond donors (Lipinski definition) is 1. The van der Waals surface area contributed by atoms with Crippen molar-refractivity contribution in [1.29, 1.82) is 0 Å². The summed E-state index contributed by atoms with van der Waals surface area (Å²) >= 11 is 0. The van der Waals surface area contributed by atoms with Gasteiger partial charge >= 0.3 is 5.97 Å². The Balaban J connectivity index is 1.69. The van der Waals surface area contributed by atoms with Crippen LogP contribution in [0.25, 0.3) is 10.8 Å². The molecule has 3 rings (SSSR count). The number of rotatable bonds is 7. The summed E-state index contributed by atoms with van der Waals surface area (Å²) in [5.74, 6) is -0.960. The lowest BCUT2D eigenvalue weighted by molar-refractivity contribution is -0.129. The third-order valence-corrected chi connectivity index (χ3v) is 5.09. The lowest BCUT2D eigenvalue weighted by Crippen LogP contribution is -2.38. The standard InChI is InChI=1S/C23H25N3O4/c1-4-16(17-10-6-5-7-11-17)14-24-21(27)15(2)30-23(29)20-18-12-8-9-13-19(18)22(28)26(3)25-20/h5-13,15-16H,4,14H2,1-3H3,(H,24,27)/t15-,16-/m0/s1. The van der Waals surface area contributed by atoms with Crippen molar-refractivity contribution < 1.29 is 14.3 Å². The Morgan fingerprint density at radius 2 is 1.70 bits per heavy atom. The molecule has 0 spiro atoms. The first-order chi connectivity index (χ1) is 14.4. The molecule has 3 aromatic rings. The van der Waals surface area contributed by atoms with Crippen LogP contribution in [0.1, 0.15) is 42.2 Å². The van der Waals surface area contributed by atoms with Crippen LogP contribution in [0.4, 0.5) is 0 Å². The van der Waals surface area contributed by atoms with Crippen molar-refractivity contribution in [2.75, 3.05) is 6.54 Å². The Morgan fingerprint density at radius 3 is 2.37 bits per heavy atom. The zero-order chi connectivity index (χ0) is 21.7. The van der Waals surface area contributed by atoms with Gasteiger partial charge in [0, 0.05) is 24.9 Å². The number of esters is 1. The number of ether oxygens (including phenoxy) is 1. The monoisotopic (exact) mass is 407 g/mol. The fraction of sp³-hybridized carbons (Fsp3) is 0.304. The molecule has 0 saturated heterocycles. The highest BCUT2D eigenvalue weighted by molar-refractivity contribution is 6.02. The van der Waals surface area contributed by atoms with E-state index in [2.05, 4.69) is 17.3 Å². The number of aromatic nitrogens is 2. The molecule has 0 aliphatic carbocycles. The van der Waals surface area contributed by atoms with Crippen LogP contribution >= 0.6 is 0 Å². The van der Waals surface area contributed by atoms with Gasteiger partial charge < -0.3 is 10.1 Å². The van der Waals surface area contributed by atoms with E-state index in [4.69, 9.17) is 4.74 Å². The van der Waals surface area contributed by atoms with E-state index in [1.165, 1.54) is 14.0 Å². The third-order valence-electron chi connectivity index (χ3n) is 5.09. The number of benzene rings is 2. The number of amides is 1. The van der Waals surface area contributed by atoms with Gasteiger partial charge in [0.25, 0.3) is 11.5 Å². The molecule has 7 heteroatoms. The quantitative estimate of drug-likeness (QED) is 0.608. The van der Waals surface area contributed by atoms with Gasteiger partial charge in [-0.15, -0.1) is 0 Å². The van der Waals surface area contributed by atoms with Gasteiger partial charge in [-0.25, -0.2) is 9.48 Å². The summed E-state index contributed by atoms with van der Waals surface area (Å²) in [6.07, 6.45) is -0.129. The first kappa shape index (κ1) is 21.2. The van der Waals surface area contributed by atoms with Crippen LogP contribution < -0.4 is 10.9 Å². The highest BCUT2D eigenvalue weighted by atomic mass is 16.5. The molecule has 1 aromatic heterocycles. The molecule has 0 aliphatic heterocycles. The van der Waals surface area contributed by atoms with Gasteiger partial charge in [-0.05, 0) is 25.0 Å². The minimum Gasteiger partial charge on any atom is -0.448 e. The summed E-state index contributed by atoms with van der Waals surface area (Å²) in [4.78, 5) is 37.4. The van der Waals surface area contributed by atoms with E-state index < -0.39 is 12.1 Å². The smallest absolute Gasteiger partial charge is 0.360 e. The molecule has 2 aromatic carbocycles. The molecule has 0 aliphatic rings. The summed E-state index contributed by atoms with van der Waals surface area (Å²) in [5, 5.41) is 7.66. The van der Waals surface area contributed by atoms with Gasteiger partial charge in [-0.2, -0.15) is 5.10 Å². The summed E-state index contributed by atoms with van der Waals surface area (Å²) in [5.41, 5.74) is 0.841. The second kappa shape index (κ2) is 9.35. The second-order valence-corrected chi connectivity index (χ2v) is 7.13. The molecular weight excluding hydrogens is 382 g/mol. The highest BCUT2D eigenvalue weighted by Crippen LogP contribution is 2.18. The molecule has 0 saturated carbocycles. The molecule has 30 heavy (non-hydrogen) atoms. The van der Waals surface area contributed by atoms with Gasteiger partial charge in [0.1, 0.15) is 0 Å². The van der Waals surface area contributed by atoms with Crippen LogP contribution in [0.5, 0.6) is 0 Å². The summed E-state index contributed by atoms with van der Waals surface area (Å²) in [6.45, 7) is 4.02. The van der Waals surface area contributed by atoms with Gasteiger partial charge in [0.2, 0.25) is 0 Å². The van der Waals surface area contributed by atoms with Gasteiger partial charge in [0.05, 0.1) is 5.39 Å². The number of carbonyl (C=O) groups excluding carboxylic acids is 2. The number of aryl methyl sites for hydroxylation is 1. The SMILES string of the molecule is CC[C@@H](CNC(=O)[C@H](C)OC(=O)c1nn(C)c(=O)c2ccccc12)c1ccccc1. The van der Waals surface area contributed by atoms with Crippen molar-refractivity contribution >= 4 is 22.6 Å². The molecule has 156 valence electrons. The van der Waals surface area contributed by atoms with Crippen molar-refractivity contribution in [2.45, 2.75) is 32.3 Å². The predicted molar refractivity (Wildman–Crippen MR) is 114 cm³/mol. The molecule has 1 heterocycles. The number of nitrogens with zero attached hydrogens (tertiary/aromatic N) is 2. The van der Waals surface area contributed by atoms with Crippen LogP contribution in [0, 0.1) is 0 Å². The molecular formula is C23H25N3O4. The summed E-state index contributed by atoms with van der Waals surface area (Å²) < 4.78 is 6.44.